The zero-order chi connectivity index (χ0) is 14.5. The molecule has 1 rings (SSSR count). The lowest BCUT2D eigenvalue weighted by Gasteiger charge is -2.21. The molecule has 0 atom stereocenters. The Morgan fingerprint density at radius 2 is 1.42 bits per heavy atom. The van der Waals surface area contributed by atoms with Crippen LogP contribution in [0.3, 0.4) is 0 Å². The van der Waals surface area contributed by atoms with Crippen LogP contribution in [0.4, 0.5) is 0 Å². The molecule has 1 aromatic rings. The van der Waals surface area contributed by atoms with Gasteiger partial charge in [-0.3, -0.25) is 4.57 Å². The third-order valence-electron chi connectivity index (χ3n) is 2.30. The summed E-state index contributed by atoms with van der Waals surface area (Å²) in [5, 5.41) is 1.15. The van der Waals surface area contributed by atoms with Gasteiger partial charge < -0.3 is 9.05 Å². The molecule has 19 heavy (non-hydrogen) atoms. The molecule has 0 N–H and O–H groups in total. The van der Waals surface area contributed by atoms with Gasteiger partial charge in [0.05, 0.1) is 18.5 Å². The number of hydrogen-bond acceptors (Lipinski definition) is 3. The topological polar surface area (TPSA) is 35.5 Å². The fourth-order valence-electron chi connectivity index (χ4n) is 1.30. The van der Waals surface area contributed by atoms with Crippen LogP contribution in [0.25, 0.3) is 0 Å². The van der Waals surface area contributed by atoms with Crippen LogP contribution < -0.4 is 5.30 Å². The smallest absolute Gasteiger partial charge is 0.305 e. The molecule has 0 fully saturated rings. The Morgan fingerprint density at radius 1 is 1.00 bits per heavy atom. The normalized spacial score (nSPS) is 12.4. The molecule has 108 valence electrons. The number of halogens is 1. The van der Waals surface area contributed by atoms with Gasteiger partial charge >= 0.3 is 7.60 Å². The lowest BCUT2D eigenvalue weighted by Crippen LogP contribution is -2.14. The Kier molecular flexibility index (Phi) is 6.55. The van der Waals surface area contributed by atoms with Crippen molar-refractivity contribution in [2.45, 2.75) is 27.7 Å². The minimum absolute atomic E-state index is 0.295. The quantitative estimate of drug-likeness (QED) is 0.696. The number of benzene rings is 1. The summed E-state index contributed by atoms with van der Waals surface area (Å²) in [5.74, 6) is 0.589. The van der Waals surface area contributed by atoms with E-state index in [-0.39, 0.29) is 0 Å². The van der Waals surface area contributed by atoms with Gasteiger partial charge in [0.15, 0.2) is 0 Å². The van der Waals surface area contributed by atoms with Gasteiger partial charge in [0.2, 0.25) is 0 Å². The first-order valence-electron chi connectivity index (χ1n) is 6.48. The average molecular weight is 305 g/mol. The van der Waals surface area contributed by atoms with Crippen LogP contribution in [-0.2, 0) is 13.6 Å². The minimum atomic E-state index is -3.26. The fourth-order valence-corrected chi connectivity index (χ4v) is 3.31. The molecular formula is C14H22ClO3P. The largest absolute Gasteiger partial charge is 0.361 e. The molecular weight excluding hydrogens is 283 g/mol. The zero-order valence-electron chi connectivity index (χ0n) is 11.9. The van der Waals surface area contributed by atoms with Crippen LogP contribution in [0.1, 0.15) is 27.7 Å². The van der Waals surface area contributed by atoms with Crippen molar-refractivity contribution in [1.29, 1.82) is 0 Å². The summed E-state index contributed by atoms with van der Waals surface area (Å²) in [6.45, 7) is 8.84. The van der Waals surface area contributed by atoms with E-state index < -0.39 is 7.60 Å². The van der Waals surface area contributed by atoms with Crippen LogP contribution in [-0.4, -0.2) is 13.2 Å². The Morgan fingerprint density at radius 3 is 1.79 bits per heavy atom. The first-order chi connectivity index (χ1) is 8.83. The summed E-state index contributed by atoms with van der Waals surface area (Å²) in [4.78, 5) is 0. The fraction of sp³-hybridized carbons (Fsp3) is 0.571. The van der Waals surface area contributed by atoms with Gasteiger partial charge in [0.25, 0.3) is 0 Å². The van der Waals surface area contributed by atoms with Crippen molar-refractivity contribution in [3.05, 3.63) is 29.3 Å². The molecule has 0 heterocycles. The predicted octanol–water partition coefficient (Wildman–Crippen LogP) is 4.50. The lowest BCUT2D eigenvalue weighted by atomic mass is 10.2. The SMILES string of the molecule is CC(C)COP(=O)(OCC(C)C)c1ccc(Cl)cc1. The maximum Gasteiger partial charge on any atom is 0.361 e. The monoisotopic (exact) mass is 304 g/mol. The van der Waals surface area contributed by atoms with Crippen molar-refractivity contribution in [3.63, 3.8) is 0 Å². The Labute approximate surface area is 120 Å². The Hall–Kier alpha value is -0.340. The second-order valence-corrected chi connectivity index (χ2v) is 7.82. The summed E-state index contributed by atoms with van der Waals surface area (Å²) in [5.41, 5.74) is 0. The van der Waals surface area contributed by atoms with Crippen molar-refractivity contribution in [3.8, 4) is 0 Å². The van der Waals surface area contributed by atoms with Crippen molar-refractivity contribution < 1.29 is 13.6 Å². The highest BCUT2D eigenvalue weighted by atomic mass is 35.5. The molecule has 0 radical (unpaired) electrons. The second-order valence-electron chi connectivity index (χ2n) is 5.35. The van der Waals surface area contributed by atoms with E-state index in [1.807, 2.05) is 27.7 Å². The summed E-state index contributed by atoms with van der Waals surface area (Å²) in [7, 11) is -3.26. The highest BCUT2D eigenvalue weighted by Crippen LogP contribution is 2.47. The van der Waals surface area contributed by atoms with Crippen molar-refractivity contribution >= 4 is 24.5 Å². The average Bonchev–Trinajstić information content (AvgIpc) is 2.35. The van der Waals surface area contributed by atoms with Crippen LogP contribution in [0.2, 0.25) is 5.02 Å². The highest BCUT2D eigenvalue weighted by Gasteiger charge is 2.28. The van der Waals surface area contributed by atoms with E-state index in [0.29, 0.717) is 35.4 Å². The van der Waals surface area contributed by atoms with Gasteiger partial charge in [-0.1, -0.05) is 39.3 Å². The third kappa shape index (κ3) is 5.66. The summed E-state index contributed by atoms with van der Waals surface area (Å²) in [6.07, 6.45) is 0. The number of rotatable bonds is 7. The van der Waals surface area contributed by atoms with Gasteiger partial charge in [0, 0.05) is 5.02 Å². The molecule has 0 aliphatic rings. The van der Waals surface area contributed by atoms with E-state index in [1.54, 1.807) is 24.3 Å². The zero-order valence-corrected chi connectivity index (χ0v) is 13.6. The predicted molar refractivity (Wildman–Crippen MR) is 80.3 cm³/mol. The maximum absolute atomic E-state index is 12.8. The molecule has 0 spiro atoms. The van der Waals surface area contributed by atoms with Crippen molar-refractivity contribution in [2.75, 3.05) is 13.2 Å². The van der Waals surface area contributed by atoms with Crippen molar-refractivity contribution in [2.24, 2.45) is 11.8 Å². The molecule has 5 heteroatoms. The summed E-state index contributed by atoms with van der Waals surface area (Å²) < 4.78 is 24.0. The summed E-state index contributed by atoms with van der Waals surface area (Å²) in [6, 6.07) is 6.79. The van der Waals surface area contributed by atoms with Gasteiger partial charge in [-0.15, -0.1) is 0 Å². The van der Waals surface area contributed by atoms with Crippen LogP contribution in [0.5, 0.6) is 0 Å². The van der Waals surface area contributed by atoms with Crippen molar-refractivity contribution in [1.82, 2.24) is 0 Å². The minimum Gasteiger partial charge on any atom is -0.305 e. The van der Waals surface area contributed by atoms with E-state index >= 15 is 0 Å². The molecule has 0 unspecified atom stereocenters. The molecule has 3 nitrogen and oxygen atoms in total. The van der Waals surface area contributed by atoms with E-state index in [1.165, 1.54) is 0 Å². The molecule has 0 saturated heterocycles. The second kappa shape index (κ2) is 7.44. The molecule has 0 aliphatic carbocycles. The Balaban J connectivity index is 2.90. The van der Waals surface area contributed by atoms with E-state index in [2.05, 4.69) is 0 Å². The third-order valence-corrected chi connectivity index (χ3v) is 4.46. The van der Waals surface area contributed by atoms with Gasteiger partial charge in [-0.05, 0) is 36.1 Å². The molecule has 0 saturated carbocycles. The molecule has 0 bridgehead atoms. The first-order valence-corrected chi connectivity index (χ1v) is 8.41. The van der Waals surface area contributed by atoms with E-state index in [9.17, 15) is 4.57 Å². The van der Waals surface area contributed by atoms with Gasteiger partial charge in [-0.2, -0.15) is 0 Å². The van der Waals surface area contributed by atoms with Crippen LogP contribution in [0.15, 0.2) is 24.3 Å². The lowest BCUT2D eigenvalue weighted by molar-refractivity contribution is 0.181. The van der Waals surface area contributed by atoms with Gasteiger partial charge in [0.1, 0.15) is 0 Å². The van der Waals surface area contributed by atoms with E-state index in [4.69, 9.17) is 20.6 Å². The summed E-state index contributed by atoms with van der Waals surface area (Å²) >= 11 is 5.85. The van der Waals surface area contributed by atoms with E-state index in [0.717, 1.165) is 0 Å². The molecule has 0 aromatic heterocycles. The highest BCUT2D eigenvalue weighted by molar-refractivity contribution is 7.62. The van der Waals surface area contributed by atoms with Gasteiger partial charge in [-0.25, -0.2) is 0 Å². The molecule has 1 aromatic carbocycles. The van der Waals surface area contributed by atoms with Crippen LogP contribution >= 0.6 is 19.2 Å². The molecule has 0 aliphatic heterocycles. The van der Waals surface area contributed by atoms with Crippen LogP contribution in [0, 0.1) is 11.8 Å². The maximum atomic E-state index is 12.8. The molecule has 0 amide bonds. The first kappa shape index (κ1) is 16.7. The standard InChI is InChI=1S/C14H22ClO3P/c1-11(2)9-17-19(16,18-10-12(3)4)14-7-5-13(15)6-8-14/h5-8,11-12H,9-10H2,1-4H3. The number of hydrogen-bond donors (Lipinski definition) is 0. The Bertz CT molecular complexity index is 413.